The molecule has 0 atom stereocenters. The third-order valence-electron chi connectivity index (χ3n) is 0.912. The Bertz CT molecular complexity index is 230. The molecule has 2 aromatic rings. The summed E-state index contributed by atoms with van der Waals surface area (Å²) in [7, 11) is 0. The van der Waals surface area contributed by atoms with Crippen LogP contribution in [0, 0.1) is 0 Å². The van der Waals surface area contributed by atoms with Gasteiger partial charge in [0.1, 0.15) is 0 Å². The molecule has 0 radical (unpaired) electrons. The van der Waals surface area contributed by atoms with Crippen molar-refractivity contribution in [2.75, 3.05) is 0 Å². The predicted octanol–water partition coefficient (Wildman–Crippen LogP) is 4.26. The molecule has 0 N–H and O–H groups in total. The summed E-state index contributed by atoms with van der Waals surface area (Å²) in [4.78, 5) is 0. The molecule has 0 saturated heterocycles. The fourth-order valence-electron chi connectivity index (χ4n) is 0.485. The van der Waals surface area contributed by atoms with Gasteiger partial charge in [-0.1, -0.05) is 18.2 Å². The standard InChI is InChI=1S/C4H3BrS.C4H4S/c5-4-2-1-3-6-4;1-2-4-5-3-1/h1-3H;1-4H. The summed E-state index contributed by atoms with van der Waals surface area (Å²) in [5.41, 5.74) is 0. The lowest BCUT2D eigenvalue weighted by Crippen LogP contribution is -1.29. The van der Waals surface area contributed by atoms with Crippen LogP contribution in [0.1, 0.15) is 0 Å². The van der Waals surface area contributed by atoms with Gasteiger partial charge in [0.2, 0.25) is 0 Å². The lowest BCUT2D eigenvalue weighted by molar-refractivity contribution is 1.97. The van der Waals surface area contributed by atoms with Gasteiger partial charge in [0.05, 0.1) is 3.79 Å². The summed E-state index contributed by atoms with van der Waals surface area (Å²) in [6.07, 6.45) is 0. The summed E-state index contributed by atoms with van der Waals surface area (Å²) in [5.74, 6) is 0. The Kier molecular flexibility index (Phi) is 4.50. The molecule has 2 rings (SSSR count). The van der Waals surface area contributed by atoms with E-state index in [2.05, 4.69) is 15.9 Å². The number of halogens is 1. The van der Waals surface area contributed by atoms with Gasteiger partial charge in [0.15, 0.2) is 0 Å². The van der Waals surface area contributed by atoms with Crippen molar-refractivity contribution in [1.82, 2.24) is 0 Å². The average molecular weight is 247 g/mol. The van der Waals surface area contributed by atoms with Crippen LogP contribution in [0.2, 0.25) is 0 Å². The summed E-state index contributed by atoms with van der Waals surface area (Å²) in [6.45, 7) is 0. The fraction of sp³-hybridized carbons (Fsp3) is 0. The quantitative estimate of drug-likeness (QED) is 0.652. The zero-order valence-electron chi connectivity index (χ0n) is 5.74. The van der Waals surface area contributed by atoms with Crippen LogP contribution in [0.25, 0.3) is 0 Å². The Balaban J connectivity index is 0.000000112. The maximum Gasteiger partial charge on any atom is 0.0698 e. The number of hydrogen-bond acceptors (Lipinski definition) is 2. The van der Waals surface area contributed by atoms with Gasteiger partial charge in [-0.3, -0.25) is 0 Å². The molecule has 0 aliphatic carbocycles. The molecule has 11 heavy (non-hydrogen) atoms. The summed E-state index contributed by atoms with van der Waals surface area (Å²) in [5, 5.41) is 6.12. The lowest BCUT2D eigenvalue weighted by Gasteiger charge is -1.62. The van der Waals surface area contributed by atoms with Crippen molar-refractivity contribution in [2.45, 2.75) is 0 Å². The molecular weight excluding hydrogens is 240 g/mol. The van der Waals surface area contributed by atoms with Crippen LogP contribution in [0.15, 0.2) is 44.2 Å². The van der Waals surface area contributed by atoms with Gasteiger partial charge in [0, 0.05) is 0 Å². The summed E-state index contributed by atoms with van der Waals surface area (Å²) >= 11 is 6.71. The van der Waals surface area contributed by atoms with Crippen LogP contribution >= 0.6 is 38.6 Å². The number of rotatable bonds is 0. The summed E-state index contributed by atoms with van der Waals surface area (Å²) < 4.78 is 1.20. The molecule has 0 amide bonds. The molecule has 0 bridgehead atoms. The topological polar surface area (TPSA) is 0 Å². The first-order valence-corrected chi connectivity index (χ1v) is 5.67. The molecule has 0 fully saturated rings. The van der Waals surface area contributed by atoms with Crippen LogP contribution in [-0.4, -0.2) is 0 Å². The zero-order chi connectivity index (χ0) is 7.94. The Morgan fingerprint density at radius 3 is 1.91 bits per heavy atom. The van der Waals surface area contributed by atoms with E-state index >= 15 is 0 Å². The molecule has 3 heteroatoms. The molecule has 0 spiro atoms. The SMILES string of the molecule is Brc1cccs1.c1ccsc1. The molecule has 0 aliphatic heterocycles. The van der Waals surface area contributed by atoms with Gasteiger partial charge in [0.25, 0.3) is 0 Å². The minimum atomic E-state index is 1.20. The largest absolute Gasteiger partial charge is 0.152 e. The van der Waals surface area contributed by atoms with Gasteiger partial charge in [-0.15, -0.1) is 11.3 Å². The second-order valence-corrected chi connectivity index (χ2v) is 4.85. The molecule has 2 heterocycles. The second kappa shape index (κ2) is 5.52. The first-order valence-electron chi connectivity index (χ1n) is 3.06. The van der Waals surface area contributed by atoms with Crippen molar-refractivity contribution in [3.8, 4) is 0 Å². The van der Waals surface area contributed by atoms with E-state index in [0.717, 1.165) is 0 Å². The minimum absolute atomic E-state index is 1.20. The lowest BCUT2D eigenvalue weighted by atomic mass is 10.7. The van der Waals surface area contributed by atoms with Crippen LogP contribution in [0.3, 0.4) is 0 Å². The van der Waals surface area contributed by atoms with Gasteiger partial charge < -0.3 is 0 Å². The van der Waals surface area contributed by atoms with Crippen molar-refractivity contribution < 1.29 is 0 Å². The molecule has 58 valence electrons. The van der Waals surface area contributed by atoms with E-state index in [0.29, 0.717) is 0 Å². The van der Waals surface area contributed by atoms with Gasteiger partial charge in [-0.05, 0) is 38.1 Å². The molecule has 0 nitrogen and oxygen atoms in total. The van der Waals surface area contributed by atoms with Crippen molar-refractivity contribution >= 4 is 38.6 Å². The van der Waals surface area contributed by atoms with Crippen molar-refractivity contribution in [2.24, 2.45) is 0 Å². The van der Waals surface area contributed by atoms with Gasteiger partial charge in [-0.25, -0.2) is 0 Å². The number of thiophene rings is 2. The van der Waals surface area contributed by atoms with Crippen LogP contribution in [0.5, 0.6) is 0 Å². The monoisotopic (exact) mass is 246 g/mol. The van der Waals surface area contributed by atoms with E-state index in [1.54, 1.807) is 22.7 Å². The smallest absolute Gasteiger partial charge is 0.0698 e. The molecule has 2 aromatic heterocycles. The first kappa shape index (κ1) is 8.97. The van der Waals surface area contributed by atoms with E-state index in [-0.39, 0.29) is 0 Å². The Hall–Kier alpha value is -0.120. The van der Waals surface area contributed by atoms with Gasteiger partial charge >= 0.3 is 0 Å². The third kappa shape index (κ3) is 4.35. The molecule has 0 saturated carbocycles. The van der Waals surface area contributed by atoms with Crippen LogP contribution in [-0.2, 0) is 0 Å². The predicted molar refractivity (Wildman–Crippen MR) is 56.3 cm³/mol. The fourth-order valence-corrected chi connectivity index (χ4v) is 1.86. The van der Waals surface area contributed by atoms with Crippen molar-refractivity contribution in [3.05, 3.63) is 44.2 Å². The molecule has 0 aliphatic rings. The average Bonchev–Trinajstić information content (AvgIpc) is 2.57. The molecule has 0 aromatic carbocycles. The first-order chi connectivity index (χ1) is 5.39. The Morgan fingerprint density at radius 2 is 1.73 bits per heavy atom. The van der Waals surface area contributed by atoms with Crippen LogP contribution in [0.4, 0.5) is 0 Å². The highest BCUT2D eigenvalue weighted by Crippen LogP contribution is 2.14. The number of hydrogen-bond donors (Lipinski definition) is 0. The molecular formula is C8H7BrS2. The van der Waals surface area contributed by atoms with Crippen molar-refractivity contribution in [3.63, 3.8) is 0 Å². The highest BCUT2D eigenvalue weighted by Gasteiger charge is 1.77. The minimum Gasteiger partial charge on any atom is -0.152 e. The summed E-state index contributed by atoms with van der Waals surface area (Å²) in [6, 6.07) is 8.06. The zero-order valence-corrected chi connectivity index (χ0v) is 8.95. The van der Waals surface area contributed by atoms with Gasteiger partial charge in [-0.2, -0.15) is 11.3 Å². The van der Waals surface area contributed by atoms with E-state index in [1.807, 2.05) is 40.4 Å². The highest BCUT2D eigenvalue weighted by molar-refractivity contribution is 9.11. The van der Waals surface area contributed by atoms with Crippen molar-refractivity contribution in [1.29, 1.82) is 0 Å². The van der Waals surface area contributed by atoms with E-state index < -0.39 is 0 Å². The van der Waals surface area contributed by atoms with Crippen LogP contribution < -0.4 is 0 Å². The highest BCUT2D eigenvalue weighted by atomic mass is 79.9. The normalized spacial score (nSPS) is 8.45. The Morgan fingerprint density at radius 1 is 1.00 bits per heavy atom. The van der Waals surface area contributed by atoms with E-state index in [4.69, 9.17) is 0 Å². The maximum absolute atomic E-state index is 3.30. The Labute approximate surface area is 82.6 Å². The van der Waals surface area contributed by atoms with E-state index in [1.165, 1.54) is 3.79 Å². The maximum atomic E-state index is 3.30. The third-order valence-corrected chi connectivity index (χ3v) is 3.02. The molecule has 0 unspecified atom stereocenters. The van der Waals surface area contributed by atoms with E-state index in [9.17, 15) is 0 Å². The second-order valence-electron chi connectivity index (χ2n) is 1.71.